The Labute approximate surface area is 77.8 Å². The van der Waals surface area contributed by atoms with E-state index in [9.17, 15) is 4.79 Å². The van der Waals surface area contributed by atoms with E-state index in [0.717, 1.165) is 12.8 Å². The topological polar surface area (TPSA) is 55.8 Å². The fourth-order valence-electron chi connectivity index (χ4n) is 1.29. The number of carbonyl (C=O) groups is 1. The SMILES string of the molecule is CCCCO[C@H]1CC(=O)O[C@@H]1CO. The Morgan fingerprint density at radius 2 is 2.46 bits per heavy atom. The van der Waals surface area contributed by atoms with Crippen LogP contribution in [0.2, 0.25) is 0 Å². The van der Waals surface area contributed by atoms with Gasteiger partial charge in [0.15, 0.2) is 6.10 Å². The summed E-state index contributed by atoms with van der Waals surface area (Å²) in [5, 5.41) is 8.85. The van der Waals surface area contributed by atoms with E-state index in [1.54, 1.807) is 0 Å². The monoisotopic (exact) mass is 188 g/mol. The predicted octanol–water partition coefficient (Wildman–Crippen LogP) is 0.480. The number of ether oxygens (including phenoxy) is 2. The first-order valence-corrected chi connectivity index (χ1v) is 4.70. The molecule has 0 bridgehead atoms. The molecule has 0 saturated carbocycles. The Morgan fingerprint density at radius 1 is 1.69 bits per heavy atom. The normalized spacial score (nSPS) is 27.7. The maximum Gasteiger partial charge on any atom is 0.309 e. The molecule has 4 nitrogen and oxygen atoms in total. The fourth-order valence-corrected chi connectivity index (χ4v) is 1.29. The van der Waals surface area contributed by atoms with Gasteiger partial charge in [-0.15, -0.1) is 0 Å². The van der Waals surface area contributed by atoms with Crippen molar-refractivity contribution in [3.8, 4) is 0 Å². The molecule has 0 aliphatic carbocycles. The summed E-state index contributed by atoms with van der Waals surface area (Å²) in [5.41, 5.74) is 0. The lowest BCUT2D eigenvalue weighted by molar-refractivity contribution is -0.143. The number of hydrogen-bond donors (Lipinski definition) is 1. The number of hydrogen-bond acceptors (Lipinski definition) is 4. The number of aliphatic hydroxyl groups excluding tert-OH is 1. The predicted molar refractivity (Wildman–Crippen MR) is 46.2 cm³/mol. The minimum Gasteiger partial charge on any atom is -0.457 e. The van der Waals surface area contributed by atoms with Crippen LogP contribution in [0.5, 0.6) is 0 Å². The van der Waals surface area contributed by atoms with E-state index in [-0.39, 0.29) is 25.1 Å². The summed E-state index contributed by atoms with van der Waals surface area (Å²) in [5.74, 6) is -0.277. The summed E-state index contributed by atoms with van der Waals surface area (Å²) in [6.07, 6.45) is 1.61. The molecule has 1 N–H and O–H groups in total. The molecule has 0 spiro atoms. The van der Waals surface area contributed by atoms with Gasteiger partial charge in [-0.1, -0.05) is 13.3 Å². The lowest BCUT2D eigenvalue weighted by atomic mass is 10.2. The van der Waals surface area contributed by atoms with Gasteiger partial charge < -0.3 is 14.6 Å². The quantitative estimate of drug-likeness (QED) is 0.503. The van der Waals surface area contributed by atoms with E-state index in [1.165, 1.54) is 0 Å². The second-order valence-corrected chi connectivity index (χ2v) is 3.18. The molecule has 13 heavy (non-hydrogen) atoms. The molecule has 0 unspecified atom stereocenters. The molecule has 1 saturated heterocycles. The summed E-state index contributed by atoms with van der Waals surface area (Å²) in [7, 11) is 0. The maximum atomic E-state index is 10.8. The van der Waals surface area contributed by atoms with Gasteiger partial charge in [0.2, 0.25) is 0 Å². The van der Waals surface area contributed by atoms with Crippen molar-refractivity contribution in [1.82, 2.24) is 0 Å². The second-order valence-electron chi connectivity index (χ2n) is 3.18. The molecule has 2 atom stereocenters. The van der Waals surface area contributed by atoms with Crippen molar-refractivity contribution in [2.24, 2.45) is 0 Å². The molecule has 0 aromatic carbocycles. The van der Waals surface area contributed by atoms with E-state index in [1.807, 2.05) is 0 Å². The van der Waals surface area contributed by atoms with E-state index in [4.69, 9.17) is 14.6 Å². The number of cyclic esters (lactones) is 1. The van der Waals surface area contributed by atoms with Crippen LogP contribution in [0, 0.1) is 0 Å². The van der Waals surface area contributed by atoms with Gasteiger partial charge >= 0.3 is 5.97 Å². The lowest BCUT2D eigenvalue weighted by Crippen LogP contribution is -2.28. The van der Waals surface area contributed by atoms with Gasteiger partial charge in [-0.05, 0) is 6.42 Å². The number of aliphatic hydroxyl groups is 1. The molecule has 76 valence electrons. The standard InChI is InChI=1S/C9H16O4/c1-2-3-4-12-7-5-9(11)13-8(7)6-10/h7-8,10H,2-6H2,1H3/t7-,8+/m0/s1. The molecule has 0 radical (unpaired) electrons. The van der Waals surface area contributed by atoms with Gasteiger partial charge in [0.1, 0.15) is 6.10 Å². The molecule has 1 heterocycles. The number of rotatable bonds is 5. The zero-order valence-corrected chi connectivity index (χ0v) is 7.86. The summed E-state index contributed by atoms with van der Waals surface area (Å²) in [6.45, 7) is 2.56. The summed E-state index contributed by atoms with van der Waals surface area (Å²) >= 11 is 0. The van der Waals surface area contributed by atoms with Crippen LogP contribution in [-0.2, 0) is 14.3 Å². The Balaban J connectivity index is 2.27. The molecule has 1 aliphatic heterocycles. The molecular formula is C9H16O4. The van der Waals surface area contributed by atoms with Crippen molar-refractivity contribution in [3.63, 3.8) is 0 Å². The zero-order chi connectivity index (χ0) is 9.68. The van der Waals surface area contributed by atoms with Gasteiger partial charge in [0.05, 0.1) is 13.0 Å². The Kier molecular flexibility index (Phi) is 4.18. The molecule has 0 aromatic heterocycles. The summed E-state index contributed by atoms with van der Waals surface area (Å²) < 4.78 is 10.3. The smallest absolute Gasteiger partial charge is 0.309 e. The van der Waals surface area contributed by atoms with E-state index in [2.05, 4.69) is 6.92 Å². The van der Waals surface area contributed by atoms with Gasteiger partial charge in [0, 0.05) is 6.61 Å². The maximum absolute atomic E-state index is 10.8. The second kappa shape index (κ2) is 5.19. The van der Waals surface area contributed by atoms with Crippen LogP contribution < -0.4 is 0 Å². The Morgan fingerprint density at radius 3 is 3.08 bits per heavy atom. The highest BCUT2D eigenvalue weighted by atomic mass is 16.6. The van der Waals surface area contributed by atoms with Crippen molar-refractivity contribution in [2.75, 3.05) is 13.2 Å². The van der Waals surface area contributed by atoms with Crippen molar-refractivity contribution in [1.29, 1.82) is 0 Å². The number of esters is 1. The fraction of sp³-hybridized carbons (Fsp3) is 0.889. The minimum atomic E-state index is -0.454. The first kappa shape index (κ1) is 10.5. The third-order valence-electron chi connectivity index (χ3n) is 2.08. The Hall–Kier alpha value is -0.610. The van der Waals surface area contributed by atoms with Gasteiger partial charge in [-0.2, -0.15) is 0 Å². The van der Waals surface area contributed by atoms with Crippen LogP contribution in [-0.4, -0.2) is 36.5 Å². The largest absolute Gasteiger partial charge is 0.457 e. The first-order chi connectivity index (χ1) is 6.27. The van der Waals surface area contributed by atoms with Crippen molar-refractivity contribution in [3.05, 3.63) is 0 Å². The van der Waals surface area contributed by atoms with Gasteiger partial charge in [-0.3, -0.25) is 4.79 Å². The van der Waals surface area contributed by atoms with Crippen LogP contribution in [0.1, 0.15) is 26.2 Å². The third-order valence-corrected chi connectivity index (χ3v) is 2.08. The summed E-state index contributed by atoms with van der Waals surface area (Å²) in [6, 6.07) is 0. The van der Waals surface area contributed by atoms with Crippen LogP contribution in [0.15, 0.2) is 0 Å². The molecular weight excluding hydrogens is 172 g/mol. The lowest BCUT2D eigenvalue weighted by Gasteiger charge is -2.15. The van der Waals surface area contributed by atoms with Crippen molar-refractivity contribution in [2.45, 2.75) is 38.4 Å². The van der Waals surface area contributed by atoms with E-state index < -0.39 is 6.10 Å². The molecule has 0 amide bonds. The average molecular weight is 188 g/mol. The van der Waals surface area contributed by atoms with Crippen molar-refractivity contribution >= 4 is 5.97 Å². The summed E-state index contributed by atoms with van der Waals surface area (Å²) in [4.78, 5) is 10.8. The number of carbonyl (C=O) groups excluding carboxylic acids is 1. The molecule has 1 fully saturated rings. The van der Waals surface area contributed by atoms with Crippen LogP contribution in [0.25, 0.3) is 0 Å². The van der Waals surface area contributed by atoms with Crippen LogP contribution in [0.4, 0.5) is 0 Å². The highest BCUT2D eigenvalue weighted by Crippen LogP contribution is 2.18. The van der Waals surface area contributed by atoms with Crippen molar-refractivity contribution < 1.29 is 19.4 Å². The Bertz CT molecular complexity index is 169. The molecule has 4 heteroatoms. The molecule has 0 aromatic rings. The van der Waals surface area contributed by atoms with Gasteiger partial charge in [-0.25, -0.2) is 0 Å². The van der Waals surface area contributed by atoms with Gasteiger partial charge in [0.25, 0.3) is 0 Å². The van der Waals surface area contributed by atoms with E-state index in [0.29, 0.717) is 6.61 Å². The van der Waals surface area contributed by atoms with Crippen LogP contribution >= 0.6 is 0 Å². The highest BCUT2D eigenvalue weighted by molar-refractivity contribution is 5.72. The molecule has 1 aliphatic rings. The number of unbranched alkanes of at least 4 members (excludes halogenated alkanes) is 1. The minimum absolute atomic E-state index is 0.150. The third kappa shape index (κ3) is 2.97. The zero-order valence-electron chi connectivity index (χ0n) is 7.86. The first-order valence-electron chi connectivity index (χ1n) is 4.70. The average Bonchev–Trinajstić information content (AvgIpc) is 2.47. The highest BCUT2D eigenvalue weighted by Gasteiger charge is 2.34. The molecule has 1 rings (SSSR count). The van der Waals surface area contributed by atoms with Crippen LogP contribution in [0.3, 0.4) is 0 Å². The van der Waals surface area contributed by atoms with E-state index >= 15 is 0 Å².